The highest BCUT2D eigenvalue weighted by Gasteiger charge is 2.41. The number of alkyl halides is 4. The molecular weight excluding hydrogens is 420 g/mol. The van der Waals surface area contributed by atoms with Crippen LogP contribution < -0.4 is 5.32 Å². The normalized spacial score (nSPS) is 21.5. The van der Waals surface area contributed by atoms with E-state index in [1.54, 1.807) is 17.0 Å². The summed E-state index contributed by atoms with van der Waals surface area (Å²) in [7, 11) is 0. The molecule has 0 radical (unpaired) electrons. The molecule has 11 heteroatoms. The SMILES string of the molecule is CC(F)(F)C(=O)N[C@@H]1CCCC[C@H]1N1Cc2ccc(-c3nnc(C(F)F)o3)cc2C1=O. The Balaban J connectivity index is 1.55. The number of benzene rings is 1. The fourth-order valence-corrected chi connectivity index (χ4v) is 4.11. The molecule has 1 aliphatic heterocycles. The highest BCUT2D eigenvalue weighted by Crippen LogP contribution is 2.34. The topological polar surface area (TPSA) is 88.3 Å². The van der Waals surface area contributed by atoms with Crippen molar-refractivity contribution < 1.29 is 31.6 Å². The van der Waals surface area contributed by atoms with Gasteiger partial charge in [0.15, 0.2) is 0 Å². The van der Waals surface area contributed by atoms with Gasteiger partial charge in [0.2, 0.25) is 5.89 Å². The first-order valence-corrected chi connectivity index (χ1v) is 9.89. The Morgan fingerprint density at radius 1 is 1.26 bits per heavy atom. The third kappa shape index (κ3) is 4.13. The maximum absolute atomic E-state index is 13.4. The predicted octanol–water partition coefficient (Wildman–Crippen LogP) is 3.71. The van der Waals surface area contributed by atoms with E-state index in [4.69, 9.17) is 4.42 Å². The van der Waals surface area contributed by atoms with E-state index in [1.165, 1.54) is 6.07 Å². The van der Waals surface area contributed by atoms with Gasteiger partial charge in [0.25, 0.3) is 17.7 Å². The van der Waals surface area contributed by atoms with Gasteiger partial charge in [-0.05, 0) is 30.5 Å². The summed E-state index contributed by atoms with van der Waals surface area (Å²) in [5.74, 6) is -6.12. The molecule has 1 aliphatic carbocycles. The van der Waals surface area contributed by atoms with Crippen molar-refractivity contribution in [2.75, 3.05) is 0 Å². The zero-order chi connectivity index (χ0) is 22.3. The molecule has 0 bridgehead atoms. The minimum Gasteiger partial charge on any atom is -0.415 e. The number of carbonyl (C=O) groups excluding carboxylic acids is 2. The summed E-state index contributed by atoms with van der Waals surface area (Å²) >= 11 is 0. The second-order valence-electron chi connectivity index (χ2n) is 7.87. The minimum atomic E-state index is -3.50. The second kappa shape index (κ2) is 7.93. The Hall–Kier alpha value is -2.98. The number of aromatic nitrogens is 2. The highest BCUT2D eigenvalue weighted by atomic mass is 19.3. The molecule has 2 aromatic rings. The molecule has 7 nitrogen and oxygen atoms in total. The van der Waals surface area contributed by atoms with Crippen molar-refractivity contribution in [3.8, 4) is 11.5 Å². The number of nitrogens with one attached hydrogen (secondary N) is 1. The van der Waals surface area contributed by atoms with Crippen LogP contribution >= 0.6 is 0 Å². The maximum atomic E-state index is 13.4. The van der Waals surface area contributed by atoms with E-state index < -0.39 is 36.2 Å². The molecule has 4 rings (SSSR count). The van der Waals surface area contributed by atoms with Crippen LogP contribution in [0.15, 0.2) is 22.6 Å². The summed E-state index contributed by atoms with van der Waals surface area (Å²) in [6.07, 6.45) is -0.255. The van der Waals surface area contributed by atoms with Crippen molar-refractivity contribution in [1.82, 2.24) is 20.4 Å². The molecule has 2 amide bonds. The summed E-state index contributed by atoms with van der Waals surface area (Å²) in [6, 6.07) is 3.77. The molecule has 1 N–H and O–H groups in total. The third-order valence-electron chi connectivity index (χ3n) is 5.66. The van der Waals surface area contributed by atoms with Crippen molar-refractivity contribution in [2.45, 2.75) is 63.6 Å². The lowest BCUT2D eigenvalue weighted by atomic mass is 9.89. The van der Waals surface area contributed by atoms with E-state index in [-0.39, 0.29) is 18.3 Å². The predicted molar refractivity (Wildman–Crippen MR) is 99.4 cm³/mol. The first-order chi connectivity index (χ1) is 14.6. The number of hydrogen-bond acceptors (Lipinski definition) is 5. The van der Waals surface area contributed by atoms with Gasteiger partial charge in [-0.3, -0.25) is 9.59 Å². The largest absolute Gasteiger partial charge is 0.415 e. The lowest BCUT2D eigenvalue weighted by Gasteiger charge is -2.38. The molecule has 1 aromatic carbocycles. The van der Waals surface area contributed by atoms with Gasteiger partial charge in [-0.2, -0.15) is 17.6 Å². The van der Waals surface area contributed by atoms with Gasteiger partial charge in [-0.1, -0.05) is 18.9 Å². The number of carbonyl (C=O) groups is 2. The van der Waals surface area contributed by atoms with Gasteiger partial charge in [-0.15, -0.1) is 10.2 Å². The van der Waals surface area contributed by atoms with Crippen molar-refractivity contribution in [2.24, 2.45) is 0 Å². The van der Waals surface area contributed by atoms with Crippen molar-refractivity contribution >= 4 is 11.8 Å². The Labute approximate surface area is 174 Å². The average Bonchev–Trinajstić information content (AvgIpc) is 3.33. The molecule has 166 valence electrons. The highest BCUT2D eigenvalue weighted by molar-refractivity contribution is 5.99. The lowest BCUT2D eigenvalue weighted by Crippen LogP contribution is -2.55. The van der Waals surface area contributed by atoms with Gasteiger partial charge in [0.05, 0.1) is 6.04 Å². The Bertz CT molecular complexity index is 1000. The standard InChI is InChI=1S/C20H20F4N4O3/c1-20(23,24)19(30)25-13-4-2-3-5-14(13)28-9-11-7-6-10(8-12(11)18(28)29)16-26-27-17(31-16)15(21)22/h6-8,13-15H,2-5,9H2,1H3,(H,25,30)/t13-,14-/m1/s1. The number of rotatable bonds is 5. The van der Waals surface area contributed by atoms with Gasteiger partial charge < -0.3 is 14.6 Å². The van der Waals surface area contributed by atoms with E-state index in [0.29, 0.717) is 36.5 Å². The molecular formula is C20H20F4N4O3. The maximum Gasteiger partial charge on any atom is 0.321 e. The molecule has 31 heavy (non-hydrogen) atoms. The fourth-order valence-electron chi connectivity index (χ4n) is 4.11. The van der Waals surface area contributed by atoms with E-state index in [1.807, 2.05) is 0 Å². The zero-order valence-electron chi connectivity index (χ0n) is 16.6. The molecule has 2 atom stereocenters. The van der Waals surface area contributed by atoms with Crippen LogP contribution in [0.25, 0.3) is 11.5 Å². The first kappa shape index (κ1) is 21.3. The van der Waals surface area contributed by atoms with Gasteiger partial charge >= 0.3 is 12.3 Å². The van der Waals surface area contributed by atoms with Crippen LogP contribution in [0.3, 0.4) is 0 Å². The van der Waals surface area contributed by atoms with Crippen LogP contribution in [0.1, 0.15) is 60.8 Å². The molecule has 1 saturated carbocycles. The molecule has 2 aliphatic rings. The Morgan fingerprint density at radius 3 is 2.68 bits per heavy atom. The molecule has 1 fully saturated rings. The smallest absolute Gasteiger partial charge is 0.321 e. The lowest BCUT2D eigenvalue weighted by molar-refractivity contribution is -0.144. The summed E-state index contributed by atoms with van der Waals surface area (Å²) in [5, 5.41) is 9.28. The van der Waals surface area contributed by atoms with Crippen LogP contribution in [0.4, 0.5) is 17.6 Å². The molecule has 0 unspecified atom stereocenters. The van der Waals surface area contributed by atoms with Gasteiger partial charge in [0, 0.05) is 30.6 Å². The Kier molecular flexibility index (Phi) is 5.44. The number of amides is 2. The van der Waals surface area contributed by atoms with Crippen LogP contribution in [-0.2, 0) is 11.3 Å². The summed E-state index contributed by atoms with van der Waals surface area (Å²) in [6.45, 7) is 0.801. The van der Waals surface area contributed by atoms with Crippen LogP contribution in [0.5, 0.6) is 0 Å². The third-order valence-corrected chi connectivity index (χ3v) is 5.66. The summed E-state index contributed by atoms with van der Waals surface area (Å²) in [5.41, 5.74) is 1.39. The molecule has 1 aromatic heterocycles. The molecule has 2 heterocycles. The van der Waals surface area contributed by atoms with Crippen LogP contribution in [-0.4, -0.2) is 44.9 Å². The Morgan fingerprint density at radius 2 is 2.00 bits per heavy atom. The van der Waals surface area contributed by atoms with Crippen molar-refractivity contribution in [1.29, 1.82) is 0 Å². The number of fused-ring (bicyclic) bond motifs is 1. The van der Waals surface area contributed by atoms with E-state index in [2.05, 4.69) is 15.5 Å². The fraction of sp³-hybridized carbons (Fsp3) is 0.500. The van der Waals surface area contributed by atoms with Crippen LogP contribution in [0.2, 0.25) is 0 Å². The van der Waals surface area contributed by atoms with Crippen molar-refractivity contribution in [3.05, 3.63) is 35.2 Å². The van der Waals surface area contributed by atoms with Crippen molar-refractivity contribution in [3.63, 3.8) is 0 Å². The average molecular weight is 440 g/mol. The minimum absolute atomic E-state index is 0.127. The quantitative estimate of drug-likeness (QED) is 0.716. The first-order valence-electron chi connectivity index (χ1n) is 9.89. The second-order valence-corrected chi connectivity index (χ2v) is 7.87. The molecule has 0 saturated heterocycles. The van der Waals surface area contributed by atoms with Gasteiger partial charge in [0.1, 0.15) is 0 Å². The molecule has 0 spiro atoms. The zero-order valence-corrected chi connectivity index (χ0v) is 16.6. The van der Waals surface area contributed by atoms with E-state index in [0.717, 1.165) is 12.8 Å². The monoisotopic (exact) mass is 440 g/mol. The summed E-state index contributed by atoms with van der Waals surface area (Å²) in [4.78, 5) is 26.5. The van der Waals surface area contributed by atoms with Crippen LogP contribution in [0, 0.1) is 0 Å². The number of hydrogen-bond donors (Lipinski definition) is 1. The van der Waals surface area contributed by atoms with Gasteiger partial charge in [-0.25, -0.2) is 0 Å². The summed E-state index contributed by atoms with van der Waals surface area (Å²) < 4.78 is 57.1. The number of nitrogens with zero attached hydrogens (tertiary/aromatic N) is 3. The number of halogens is 4. The van der Waals surface area contributed by atoms with E-state index in [9.17, 15) is 27.2 Å². The van der Waals surface area contributed by atoms with E-state index >= 15 is 0 Å².